The maximum absolute atomic E-state index is 13.6. The highest BCUT2D eigenvalue weighted by molar-refractivity contribution is 5.84. The van der Waals surface area contributed by atoms with E-state index in [2.05, 4.69) is 49.0 Å². The molecule has 0 spiro atoms. The molecule has 2 atom stereocenters. The summed E-state index contributed by atoms with van der Waals surface area (Å²) in [5.41, 5.74) is 12.1. The summed E-state index contributed by atoms with van der Waals surface area (Å²) in [6.07, 6.45) is 5.59. The van der Waals surface area contributed by atoms with Crippen LogP contribution in [0, 0.1) is 17.1 Å². The number of imidazole rings is 1. The number of rotatable bonds is 6. The van der Waals surface area contributed by atoms with E-state index in [0.717, 1.165) is 55.2 Å². The van der Waals surface area contributed by atoms with E-state index in [0.29, 0.717) is 40.5 Å². The van der Waals surface area contributed by atoms with E-state index in [1.54, 1.807) is 24.5 Å². The summed E-state index contributed by atoms with van der Waals surface area (Å²) in [6, 6.07) is 27.2. The molecule has 0 saturated carbocycles. The predicted molar refractivity (Wildman–Crippen MR) is 173 cm³/mol. The lowest BCUT2D eigenvalue weighted by molar-refractivity contribution is 0.160. The van der Waals surface area contributed by atoms with Gasteiger partial charge in [-0.1, -0.05) is 12.1 Å². The number of hydrogen-bond acceptors (Lipinski definition) is 9. The molecule has 2 saturated heterocycles. The predicted octanol–water partition coefficient (Wildman–Crippen LogP) is 5.39. The molecule has 6 aromatic rings. The zero-order chi connectivity index (χ0) is 31.2. The number of halogens is 1. The number of nitrogens with zero attached hydrogens (tertiary/aromatic N) is 9. The van der Waals surface area contributed by atoms with Gasteiger partial charge in [-0.3, -0.25) is 9.47 Å². The van der Waals surface area contributed by atoms with Crippen molar-refractivity contribution in [3.8, 4) is 34.4 Å². The summed E-state index contributed by atoms with van der Waals surface area (Å²) >= 11 is 0. The van der Waals surface area contributed by atoms with E-state index in [4.69, 9.17) is 15.7 Å². The number of benzene rings is 2. The molecule has 11 heteroatoms. The quantitative estimate of drug-likeness (QED) is 0.265. The Morgan fingerprint density at radius 1 is 0.848 bits per heavy atom. The molecule has 8 rings (SSSR count). The Labute approximate surface area is 264 Å². The van der Waals surface area contributed by atoms with Crippen LogP contribution in [0.4, 0.5) is 16.0 Å². The van der Waals surface area contributed by atoms with Gasteiger partial charge in [0.1, 0.15) is 29.0 Å². The van der Waals surface area contributed by atoms with Gasteiger partial charge >= 0.3 is 0 Å². The molecule has 0 amide bonds. The highest BCUT2D eigenvalue weighted by Crippen LogP contribution is 2.35. The van der Waals surface area contributed by atoms with E-state index in [1.807, 2.05) is 41.0 Å². The van der Waals surface area contributed by atoms with Crippen LogP contribution in [0.5, 0.6) is 0 Å². The number of anilines is 2. The number of nitriles is 1. The van der Waals surface area contributed by atoms with E-state index >= 15 is 0 Å². The van der Waals surface area contributed by atoms with Gasteiger partial charge in [0, 0.05) is 55.4 Å². The first-order valence-corrected chi connectivity index (χ1v) is 15.2. The van der Waals surface area contributed by atoms with Crippen molar-refractivity contribution in [2.75, 3.05) is 23.7 Å². The van der Waals surface area contributed by atoms with Gasteiger partial charge < -0.3 is 10.6 Å². The largest absolute Gasteiger partial charge is 0.383 e. The van der Waals surface area contributed by atoms with Gasteiger partial charge in [0.15, 0.2) is 11.5 Å². The zero-order valence-corrected chi connectivity index (χ0v) is 24.8. The third-order valence-electron chi connectivity index (χ3n) is 8.98. The minimum absolute atomic E-state index is 0.203. The number of aromatic nitrogens is 6. The fourth-order valence-corrected chi connectivity index (χ4v) is 6.75. The van der Waals surface area contributed by atoms with Gasteiger partial charge in [-0.05, 0) is 85.1 Å². The van der Waals surface area contributed by atoms with Crippen LogP contribution in [0.25, 0.3) is 39.5 Å². The lowest BCUT2D eigenvalue weighted by Gasteiger charge is -2.41. The van der Waals surface area contributed by atoms with Crippen LogP contribution in [0.3, 0.4) is 0 Å². The number of nitrogen functional groups attached to an aromatic ring is 1. The summed E-state index contributed by atoms with van der Waals surface area (Å²) in [7, 11) is 0. The van der Waals surface area contributed by atoms with Gasteiger partial charge in [-0.2, -0.15) is 5.26 Å². The molecule has 2 aliphatic heterocycles. The fraction of sp³-hybridized carbons (Fsp3) is 0.200. The van der Waals surface area contributed by atoms with Crippen molar-refractivity contribution in [3.63, 3.8) is 0 Å². The first kappa shape index (κ1) is 27.8. The minimum Gasteiger partial charge on any atom is -0.383 e. The second-order valence-electron chi connectivity index (χ2n) is 11.7. The van der Waals surface area contributed by atoms with Gasteiger partial charge in [-0.15, -0.1) is 0 Å². The first-order chi connectivity index (χ1) is 22.5. The van der Waals surface area contributed by atoms with Crippen LogP contribution in [0.2, 0.25) is 0 Å². The van der Waals surface area contributed by atoms with Crippen LogP contribution in [0.1, 0.15) is 24.2 Å². The molecular formula is C35H29FN10. The smallest absolute Gasteiger partial charge is 0.234 e. The number of fused-ring (bicyclic) bond motifs is 3. The third kappa shape index (κ3) is 4.98. The van der Waals surface area contributed by atoms with Gasteiger partial charge in [0.05, 0.1) is 11.3 Å². The first-order valence-electron chi connectivity index (χ1n) is 15.2. The van der Waals surface area contributed by atoms with Crippen molar-refractivity contribution in [1.29, 1.82) is 5.26 Å². The van der Waals surface area contributed by atoms with Crippen LogP contribution < -0.4 is 10.6 Å². The van der Waals surface area contributed by atoms with Gasteiger partial charge in [0.25, 0.3) is 0 Å². The molecule has 4 aromatic heterocycles. The number of piperazine rings is 1. The van der Waals surface area contributed by atoms with Crippen molar-refractivity contribution < 1.29 is 4.39 Å². The lowest BCUT2D eigenvalue weighted by atomic mass is 10.1. The molecule has 2 fully saturated rings. The van der Waals surface area contributed by atoms with Crippen molar-refractivity contribution in [2.45, 2.75) is 31.5 Å². The second kappa shape index (κ2) is 11.3. The average molecular weight is 609 g/mol. The molecule has 2 unspecified atom stereocenters. The van der Waals surface area contributed by atoms with Crippen LogP contribution in [-0.4, -0.2) is 59.6 Å². The minimum atomic E-state index is -0.292. The molecular weight excluding hydrogens is 579 g/mol. The van der Waals surface area contributed by atoms with E-state index < -0.39 is 0 Å². The Hall–Kier alpha value is -5.73. The van der Waals surface area contributed by atoms with Crippen LogP contribution in [0.15, 0.2) is 91.3 Å². The monoisotopic (exact) mass is 608 g/mol. The van der Waals surface area contributed by atoms with Gasteiger partial charge in [-0.25, -0.2) is 29.3 Å². The van der Waals surface area contributed by atoms with Crippen molar-refractivity contribution in [1.82, 2.24) is 34.4 Å². The van der Waals surface area contributed by atoms with E-state index in [1.165, 1.54) is 17.7 Å². The normalized spacial score (nSPS) is 17.8. The van der Waals surface area contributed by atoms with E-state index in [-0.39, 0.29) is 11.6 Å². The molecule has 0 radical (unpaired) electrons. The molecule has 6 heterocycles. The SMILES string of the molecule is N#Cc1nccc(N2CC3CCC(C2)N3Cc2ccc(-n3c(-c4cccnc4N)nc4ccc(-c5ccc(F)cc5)nc43)cc2)n1. The highest BCUT2D eigenvalue weighted by atomic mass is 19.1. The Balaban J connectivity index is 1.11. The Morgan fingerprint density at radius 3 is 2.37 bits per heavy atom. The molecule has 2 aromatic carbocycles. The third-order valence-corrected chi connectivity index (χ3v) is 8.98. The number of hydrogen-bond donors (Lipinski definition) is 1. The van der Waals surface area contributed by atoms with Crippen molar-refractivity contribution in [2.24, 2.45) is 0 Å². The molecule has 0 aliphatic carbocycles. The lowest BCUT2D eigenvalue weighted by Crippen LogP contribution is -2.53. The average Bonchev–Trinajstić information content (AvgIpc) is 3.56. The topological polar surface area (TPSA) is 126 Å². The Bertz CT molecular complexity index is 2090. The summed E-state index contributed by atoms with van der Waals surface area (Å²) in [4.78, 5) is 27.6. The van der Waals surface area contributed by atoms with Crippen molar-refractivity contribution >= 4 is 22.8 Å². The molecule has 10 nitrogen and oxygen atoms in total. The number of pyridine rings is 2. The van der Waals surface area contributed by atoms with E-state index in [9.17, 15) is 9.65 Å². The highest BCUT2D eigenvalue weighted by Gasteiger charge is 2.40. The second-order valence-corrected chi connectivity index (χ2v) is 11.7. The fourth-order valence-electron chi connectivity index (χ4n) is 6.75. The number of nitrogens with two attached hydrogens (primary N) is 1. The van der Waals surface area contributed by atoms with Gasteiger partial charge in [0.2, 0.25) is 5.82 Å². The molecule has 2 aliphatic rings. The van der Waals surface area contributed by atoms with Crippen LogP contribution >= 0.6 is 0 Å². The molecule has 2 N–H and O–H groups in total. The maximum atomic E-state index is 13.6. The molecule has 226 valence electrons. The van der Waals surface area contributed by atoms with Crippen LogP contribution in [-0.2, 0) is 6.54 Å². The molecule has 2 bridgehead atoms. The zero-order valence-electron chi connectivity index (χ0n) is 24.8. The Kier molecular flexibility index (Phi) is 6.84. The summed E-state index contributed by atoms with van der Waals surface area (Å²) in [5, 5.41) is 9.24. The standard InChI is InChI=1S/C35H29FN10/c36-24-7-5-23(6-8-24)29-13-14-30-35(41-29)46(34(42-30)28-2-1-16-40-33(28)38)25-9-3-22(4-10-25)19-45-26-11-12-27(45)21-44(20-26)32-15-17-39-31(18-37)43-32/h1-10,13-17,26-27H,11-12,19-21H2,(H2,38,40). The Morgan fingerprint density at radius 2 is 1.63 bits per heavy atom. The summed E-state index contributed by atoms with van der Waals surface area (Å²) in [5.74, 6) is 1.76. The summed E-state index contributed by atoms with van der Waals surface area (Å²) < 4.78 is 15.7. The maximum Gasteiger partial charge on any atom is 0.234 e. The van der Waals surface area contributed by atoms with Crippen molar-refractivity contribution in [3.05, 3.63) is 108 Å². The summed E-state index contributed by atoms with van der Waals surface area (Å²) in [6.45, 7) is 2.58. The molecule has 46 heavy (non-hydrogen) atoms.